The van der Waals surface area contributed by atoms with Crippen LogP contribution < -0.4 is 16.4 Å². The molecule has 1 atom stereocenters. The molecule has 0 aliphatic rings. The maximum absolute atomic E-state index is 11.6. The number of hydrogen-bond acceptors (Lipinski definition) is 5. The Kier molecular flexibility index (Phi) is 5.82. The van der Waals surface area contributed by atoms with Gasteiger partial charge in [-0.25, -0.2) is 0 Å². The van der Waals surface area contributed by atoms with Crippen molar-refractivity contribution in [2.24, 2.45) is 5.73 Å². The molecular weight excluding hydrogens is 274 g/mol. The molecule has 1 amide bonds. The average Bonchev–Trinajstić information content (AvgIpc) is 2.44. The monoisotopic (exact) mass is 295 g/mol. The third kappa shape index (κ3) is 3.41. The van der Waals surface area contributed by atoms with Crippen molar-refractivity contribution >= 4 is 28.9 Å². The molecule has 0 fully saturated rings. The van der Waals surface area contributed by atoms with Gasteiger partial charge < -0.3 is 16.4 Å². The van der Waals surface area contributed by atoms with Crippen molar-refractivity contribution in [2.75, 3.05) is 12.4 Å². The largest absolute Gasteiger partial charge is 0.389 e. The number of aryl methyl sites for hydroxylation is 1. The molecule has 0 bridgehead atoms. The van der Waals surface area contributed by atoms with Gasteiger partial charge in [0.05, 0.1) is 11.3 Å². The molecule has 7 heteroatoms. The van der Waals surface area contributed by atoms with Crippen molar-refractivity contribution in [3.8, 4) is 0 Å². The zero-order valence-corrected chi connectivity index (χ0v) is 13.1. The SMILES string of the molecule is CCc1nnc(NC(C)C(=O)NC)c(C(N)=S)c1CC. The van der Waals surface area contributed by atoms with Crippen LogP contribution in [0.5, 0.6) is 0 Å². The van der Waals surface area contributed by atoms with Crippen LogP contribution in [0.2, 0.25) is 0 Å². The number of nitrogens with zero attached hydrogens (tertiary/aromatic N) is 2. The van der Waals surface area contributed by atoms with E-state index in [0.29, 0.717) is 11.4 Å². The molecule has 1 aromatic heterocycles. The summed E-state index contributed by atoms with van der Waals surface area (Å²) >= 11 is 5.13. The summed E-state index contributed by atoms with van der Waals surface area (Å²) in [5.74, 6) is 0.320. The molecular formula is C13H21N5OS. The van der Waals surface area contributed by atoms with E-state index in [-0.39, 0.29) is 10.9 Å². The van der Waals surface area contributed by atoms with Crippen molar-refractivity contribution in [2.45, 2.75) is 39.7 Å². The second-order valence-electron chi connectivity index (χ2n) is 4.40. The van der Waals surface area contributed by atoms with Gasteiger partial charge >= 0.3 is 0 Å². The summed E-state index contributed by atoms with van der Waals surface area (Å²) in [6.07, 6.45) is 1.52. The highest BCUT2D eigenvalue weighted by Gasteiger charge is 2.19. The van der Waals surface area contributed by atoms with Crippen LogP contribution >= 0.6 is 12.2 Å². The van der Waals surface area contributed by atoms with Crippen molar-refractivity contribution in [1.29, 1.82) is 0 Å². The molecule has 1 heterocycles. The topological polar surface area (TPSA) is 92.9 Å². The van der Waals surface area contributed by atoms with Crippen molar-refractivity contribution < 1.29 is 4.79 Å². The summed E-state index contributed by atoms with van der Waals surface area (Å²) in [6, 6.07) is -0.445. The Morgan fingerprint density at radius 2 is 2.00 bits per heavy atom. The highest BCUT2D eigenvalue weighted by molar-refractivity contribution is 7.80. The van der Waals surface area contributed by atoms with Gasteiger partial charge in [0.1, 0.15) is 11.0 Å². The van der Waals surface area contributed by atoms with E-state index >= 15 is 0 Å². The first-order valence-corrected chi connectivity index (χ1v) is 7.03. The third-order valence-corrected chi connectivity index (χ3v) is 3.29. The molecule has 4 N–H and O–H groups in total. The lowest BCUT2D eigenvalue weighted by Crippen LogP contribution is -2.36. The molecule has 0 radical (unpaired) electrons. The third-order valence-electron chi connectivity index (χ3n) is 3.09. The number of thiocarbonyl (C=S) groups is 1. The fraction of sp³-hybridized carbons (Fsp3) is 0.538. The molecule has 0 aliphatic heterocycles. The quantitative estimate of drug-likeness (QED) is 0.672. The van der Waals surface area contributed by atoms with Crippen LogP contribution in [0.3, 0.4) is 0 Å². The lowest BCUT2D eigenvalue weighted by atomic mass is 10.0. The average molecular weight is 295 g/mol. The van der Waals surface area contributed by atoms with Crippen molar-refractivity contribution in [1.82, 2.24) is 15.5 Å². The number of nitrogens with two attached hydrogens (primary N) is 1. The molecule has 6 nitrogen and oxygen atoms in total. The maximum Gasteiger partial charge on any atom is 0.241 e. The second kappa shape index (κ2) is 7.14. The van der Waals surface area contributed by atoms with E-state index in [1.807, 2.05) is 13.8 Å². The fourth-order valence-corrected chi connectivity index (χ4v) is 2.25. The van der Waals surface area contributed by atoms with E-state index in [9.17, 15) is 4.79 Å². The summed E-state index contributed by atoms with van der Waals surface area (Å²) in [5.41, 5.74) is 8.38. The summed E-state index contributed by atoms with van der Waals surface area (Å²) in [6.45, 7) is 5.76. The molecule has 0 aromatic carbocycles. The van der Waals surface area contributed by atoms with Crippen molar-refractivity contribution in [3.63, 3.8) is 0 Å². The van der Waals surface area contributed by atoms with Gasteiger partial charge in [-0.05, 0) is 25.3 Å². The first kappa shape index (κ1) is 16.3. The summed E-state index contributed by atoms with van der Waals surface area (Å²) in [5, 5.41) is 13.9. The molecule has 0 aliphatic carbocycles. The van der Waals surface area contributed by atoms with Crippen LogP contribution in [0.25, 0.3) is 0 Å². The van der Waals surface area contributed by atoms with Crippen LogP contribution in [0.15, 0.2) is 0 Å². The van der Waals surface area contributed by atoms with E-state index in [0.717, 1.165) is 24.1 Å². The molecule has 1 rings (SSSR count). The smallest absolute Gasteiger partial charge is 0.241 e. The van der Waals surface area contributed by atoms with Gasteiger partial charge in [0, 0.05) is 7.05 Å². The first-order chi connectivity index (χ1) is 9.46. The van der Waals surface area contributed by atoms with Crippen LogP contribution in [-0.4, -0.2) is 34.2 Å². The normalized spacial score (nSPS) is 11.8. The molecule has 110 valence electrons. The van der Waals surface area contributed by atoms with E-state index in [2.05, 4.69) is 20.8 Å². The number of nitrogens with one attached hydrogen (secondary N) is 2. The fourth-order valence-electron chi connectivity index (χ4n) is 2.03. The number of anilines is 1. The molecule has 0 saturated carbocycles. The predicted molar refractivity (Wildman–Crippen MR) is 83.8 cm³/mol. The zero-order valence-electron chi connectivity index (χ0n) is 12.3. The van der Waals surface area contributed by atoms with Gasteiger partial charge in [0.2, 0.25) is 5.91 Å². The van der Waals surface area contributed by atoms with Crippen LogP contribution in [0.4, 0.5) is 5.82 Å². The van der Waals surface area contributed by atoms with Gasteiger partial charge in [-0.1, -0.05) is 26.1 Å². The predicted octanol–water partition coefficient (Wildman–Crippen LogP) is 0.782. The first-order valence-electron chi connectivity index (χ1n) is 6.62. The minimum absolute atomic E-state index is 0.140. The van der Waals surface area contributed by atoms with Crippen LogP contribution in [-0.2, 0) is 17.6 Å². The summed E-state index contributed by atoms with van der Waals surface area (Å²) in [7, 11) is 1.58. The maximum atomic E-state index is 11.6. The molecule has 0 saturated heterocycles. The lowest BCUT2D eigenvalue weighted by Gasteiger charge is -2.18. The Morgan fingerprint density at radius 1 is 1.35 bits per heavy atom. The van der Waals surface area contributed by atoms with E-state index < -0.39 is 6.04 Å². The molecule has 1 aromatic rings. The van der Waals surface area contributed by atoms with E-state index in [1.165, 1.54) is 0 Å². The Labute approximate surface area is 124 Å². The zero-order chi connectivity index (χ0) is 15.3. The Hall–Kier alpha value is -1.76. The van der Waals surface area contributed by atoms with Gasteiger partial charge in [-0.2, -0.15) is 5.10 Å². The van der Waals surface area contributed by atoms with Crippen LogP contribution in [0.1, 0.15) is 37.6 Å². The Morgan fingerprint density at radius 3 is 2.45 bits per heavy atom. The highest BCUT2D eigenvalue weighted by Crippen LogP contribution is 2.21. The van der Waals surface area contributed by atoms with Crippen LogP contribution in [0, 0.1) is 0 Å². The number of carbonyl (C=O) groups is 1. The molecule has 20 heavy (non-hydrogen) atoms. The number of hydrogen-bond donors (Lipinski definition) is 3. The van der Waals surface area contributed by atoms with Gasteiger partial charge in [-0.3, -0.25) is 4.79 Å². The van der Waals surface area contributed by atoms with Crippen molar-refractivity contribution in [3.05, 3.63) is 16.8 Å². The minimum Gasteiger partial charge on any atom is -0.389 e. The Bertz CT molecular complexity index is 518. The van der Waals surface area contributed by atoms with Gasteiger partial charge in [-0.15, -0.1) is 5.10 Å². The van der Waals surface area contributed by atoms with Gasteiger partial charge in [0.25, 0.3) is 0 Å². The number of carbonyl (C=O) groups excluding carboxylic acids is 1. The van der Waals surface area contributed by atoms with E-state index in [4.69, 9.17) is 18.0 Å². The summed E-state index contributed by atoms with van der Waals surface area (Å²) in [4.78, 5) is 11.9. The number of likely N-dealkylation sites (N-methyl/N-ethyl adjacent to an activating group) is 1. The van der Waals surface area contributed by atoms with E-state index in [1.54, 1.807) is 14.0 Å². The lowest BCUT2D eigenvalue weighted by molar-refractivity contribution is -0.121. The Balaban J connectivity index is 3.26. The van der Waals surface area contributed by atoms with Gasteiger partial charge in [0.15, 0.2) is 5.82 Å². The standard InChI is InChI=1S/C13H21N5OS/c1-5-8-9(6-2)17-18-12(10(8)11(14)20)16-7(3)13(19)15-4/h7H,5-6H2,1-4H3,(H2,14,20)(H,15,19)(H,16,18). The number of amides is 1. The summed E-state index contributed by atoms with van der Waals surface area (Å²) < 4.78 is 0. The minimum atomic E-state index is -0.445. The highest BCUT2D eigenvalue weighted by atomic mass is 32.1. The molecule has 1 unspecified atom stereocenters. The number of rotatable bonds is 6. The number of aromatic nitrogens is 2. The molecule has 0 spiro atoms. The second-order valence-corrected chi connectivity index (χ2v) is 4.84.